The van der Waals surface area contributed by atoms with Crippen LogP contribution in [0, 0.1) is 5.92 Å². The third kappa shape index (κ3) is 3.32. The second-order valence-corrected chi connectivity index (χ2v) is 4.54. The maximum absolute atomic E-state index is 11.0. The Morgan fingerprint density at radius 3 is 2.62 bits per heavy atom. The van der Waals surface area contributed by atoms with Gasteiger partial charge in [0.15, 0.2) is 5.79 Å². The highest BCUT2D eigenvalue weighted by atomic mass is 16.8. The zero-order valence-corrected chi connectivity index (χ0v) is 10.4. The number of ether oxygens (including phenoxy) is 3. The van der Waals surface area contributed by atoms with E-state index in [0.717, 1.165) is 0 Å². The molecule has 4 nitrogen and oxygen atoms in total. The Labute approximate surface area is 96.6 Å². The van der Waals surface area contributed by atoms with Crippen molar-refractivity contribution in [1.29, 1.82) is 0 Å². The van der Waals surface area contributed by atoms with E-state index in [4.69, 9.17) is 14.2 Å². The lowest BCUT2D eigenvalue weighted by molar-refractivity contribution is -0.172. The maximum atomic E-state index is 11.0. The molecule has 0 amide bonds. The molecule has 1 aliphatic rings. The van der Waals surface area contributed by atoms with Gasteiger partial charge in [0.1, 0.15) is 12.2 Å². The molecule has 1 aliphatic heterocycles. The van der Waals surface area contributed by atoms with Crippen LogP contribution in [0.3, 0.4) is 0 Å². The van der Waals surface area contributed by atoms with E-state index >= 15 is 0 Å². The van der Waals surface area contributed by atoms with Crippen LogP contribution in [0.2, 0.25) is 0 Å². The average Bonchev–Trinajstić information content (AvgIpc) is 2.53. The Bertz CT molecular complexity index is 272. The second-order valence-electron chi connectivity index (χ2n) is 4.54. The van der Waals surface area contributed by atoms with Crippen molar-refractivity contribution in [3.63, 3.8) is 0 Å². The predicted octanol–water partition coefficient (Wildman–Crippen LogP) is 1.89. The minimum Gasteiger partial charge on any atom is -0.459 e. The molecule has 0 saturated carbocycles. The van der Waals surface area contributed by atoms with E-state index in [2.05, 4.69) is 6.58 Å². The summed E-state index contributed by atoms with van der Waals surface area (Å²) in [5.41, 5.74) is 0. The Balaban J connectivity index is 2.70. The summed E-state index contributed by atoms with van der Waals surface area (Å²) in [6, 6.07) is 0. The molecule has 1 saturated heterocycles. The molecule has 92 valence electrons. The van der Waals surface area contributed by atoms with Crippen LogP contribution >= 0.6 is 0 Å². The summed E-state index contributed by atoms with van der Waals surface area (Å²) in [6.07, 6.45) is 1.19. The van der Waals surface area contributed by atoms with E-state index in [1.807, 2.05) is 20.8 Å². The van der Waals surface area contributed by atoms with Crippen LogP contribution in [-0.4, -0.2) is 30.6 Å². The first-order valence-electron chi connectivity index (χ1n) is 5.47. The van der Waals surface area contributed by atoms with Crippen LogP contribution < -0.4 is 0 Å². The quantitative estimate of drug-likeness (QED) is 0.544. The van der Waals surface area contributed by atoms with Gasteiger partial charge in [-0.3, -0.25) is 4.79 Å². The first kappa shape index (κ1) is 13.2. The van der Waals surface area contributed by atoms with Gasteiger partial charge in [0.2, 0.25) is 0 Å². The molecule has 3 atom stereocenters. The lowest BCUT2D eigenvalue weighted by atomic mass is 10.00. The fourth-order valence-corrected chi connectivity index (χ4v) is 1.72. The molecule has 0 aromatic heterocycles. The van der Waals surface area contributed by atoms with Gasteiger partial charge in [-0.25, -0.2) is 0 Å². The SMILES string of the molecule is C=C[C@@H](C)[C@@H](OC(C)=O)[C@H]1COC(C)(C)O1. The Morgan fingerprint density at radius 2 is 2.25 bits per heavy atom. The molecule has 1 rings (SSSR count). The van der Waals surface area contributed by atoms with Crippen LogP contribution in [-0.2, 0) is 19.0 Å². The third-order valence-electron chi connectivity index (χ3n) is 2.59. The summed E-state index contributed by atoms with van der Waals surface area (Å²) in [4.78, 5) is 11.0. The van der Waals surface area contributed by atoms with E-state index in [1.165, 1.54) is 6.92 Å². The predicted molar refractivity (Wildman–Crippen MR) is 59.8 cm³/mol. The summed E-state index contributed by atoms with van der Waals surface area (Å²) in [5, 5.41) is 0. The van der Waals surface area contributed by atoms with Gasteiger partial charge in [0.05, 0.1) is 6.61 Å². The Kier molecular flexibility index (Phi) is 4.10. The fraction of sp³-hybridized carbons (Fsp3) is 0.750. The fourth-order valence-electron chi connectivity index (χ4n) is 1.72. The van der Waals surface area contributed by atoms with Crippen molar-refractivity contribution in [2.45, 2.75) is 45.7 Å². The number of hydrogen-bond donors (Lipinski definition) is 0. The molecule has 16 heavy (non-hydrogen) atoms. The van der Waals surface area contributed by atoms with Gasteiger partial charge in [-0.15, -0.1) is 6.58 Å². The third-order valence-corrected chi connectivity index (χ3v) is 2.59. The largest absolute Gasteiger partial charge is 0.459 e. The summed E-state index contributed by atoms with van der Waals surface area (Å²) < 4.78 is 16.4. The molecule has 1 fully saturated rings. The standard InChI is InChI=1S/C12H20O4/c1-6-8(2)11(15-9(3)13)10-7-14-12(4,5)16-10/h6,8,10-11H,1,7H2,2-5H3/t8-,10-,11-/m1/s1. The normalized spacial score (nSPS) is 27.1. The smallest absolute Gasteiger partial charge is 0.303 e. The summed E-state index contributed by atoms with van der Waals surface area (Å²) in [5.74, 6) is -0.886. The highest BCUT2D eigenvalue weighted by molar-refractivity contribution is 5.66. The second kappa shape index (κ2) is 4.97. The lowest BCUT2D eigenvalue weighted by Crippen LogP contribution is -2.38. The van der Waals surface area contributed by atoms with Crippen LogP contribution in [0.5, 0.6) is 0 Å². The van der Waals surface area contributed by atoms with Crippen molar-refractivity contribution in [3.8, 4) is 0 Å². The van der Waals surface area contributed by atoms with E-state index in [1.54, 1.807) is 6.08 Å². The monoisotopic (exact) mass is 228 g/mol. The zero-order chi connectivity index (χ0) is 12.3. The first-order chi connectivity index (χ1) is 7.35. The molecule has 0 radical (unpaired) electrons. The van der Waals surface area contributed by atoms with Crippen molar-refractivity contribution in [3.05, 3.63) is 12.7 Å². The number of rotatable bonds is 4. The number of hydrogen-bond acceptors (Lipinski definition) is 4. The van der Waals surface area contributed by atoms with Crippen LogP contribution in [0.4, 0.5) is 0 Å². The molecule has 0 spiro atoms. The van der Waals surface area contributed by atoms with Crippen molar-refractivity contribution < 1.29 is 19.0 Å². The van der Waals surface area contributed by atoms with Crippen LogP contribution in [0.1, 0.15) is 27.7 Å². The summed E-state index contributed by atoms with van der Waals surface area (Å²) in [7, 11) is 0. The minimum atomic E-state index is -0.607. The molecule has 0 bridgehead atoms. The average molecular weight is 228 g/mol. The minimum absolute atomic E-state index is 0.0337. The van der Waals surface area contributed by atoms with Gasteiger partial charge in [-0.1, -0.05) is 13.0 Å². The van der Waals surface area contributed by atoms with E-state index in [9.17, 15) is 4.79 Å². The van der Waals surface area contributed by atoms with Crippen LogP contribution in [0.15, 0.2) is 12.7 Å². The summed E-state index contributed by atoms with van der Waals surface area (Å²) in [6.45, 7) is 11.2. The maximum Gasteiger partial charge on any atom is 0.303 e. The molecule has 0 N–H and O–H groups in total. The van der Waals surface area contributed by atoms with Gasteiger partial charge in [-0.05, 0) is 13.8 Å². The van der Waals surface area contributed by atoms with Gasteiger partial charge < -0.3 is 14.2 Å². The number of esters is 1. The topological polar surface area (TPSA) is 44.8 Å². The first-order valence-corrected chi connectivity index (χ1v) is 5.47. The number of carbonyl (C=O) groups is 1. The van der Waals surface area contributed by atoms with Gasteiger partial charge in [-0.2, -0.15) is 0 Å². The molecule has 4 heteroatoms. The number of carbonyl (C=O) groups excluding carboxylic acids is 1. The Hall–Kier alpha value is -0.870. The van der Waals surface area contributed by atoms with Crippen LogP contribution in [0.25, 0.3) is 0 Å². The molecular weight excluding hydrogens is 208 g/mol. The molecule has 0 aromatic rings. The van der Waals surface area contributed by atoms with Gasteiger partial charge in [0.25, 0.3) is 0 Å². The van der Waals surface area contributed by atoms with Crippen molar-refractivity contribution >= 4 is 5.97 Å². The summed E-state index contributed by atoms with van der Waals surface area (Å²) >= 11 is 0. The molecular formula is C12H20O4. The zero-order valence-electron chi connectivity index (χ0n) is 10.4. The lowest BCUT2D eigenvalue weighted by Gasteiger charge is -2.26. The van der Waals surface area contributed by atoms with E-state index in [0.29, 0.717) is 6.61 Å². The highest BCUT2D eigenvalue weighted by Gasteiger charge is 2.40. The van der Waals surface area contributed by atoms with Crippen molar-refractivity contribution in [2.24, 2.45) is 5.92 Å². The van der Waals surface area contributed by atoms with E-state index in [-0.39, 0.29) is 24.1 Å². The van der Waals surface area contributed by atoms with E-state index < -0.39 is 5.79 Å². The molecule has 1 heterocycles. The Morgan fingerprint density at radius 1 is 1.62 bits per heavy atom. The van der Waals surface area contributed by atoms with Crippen molar-refractivity contribution in [2.75, 3.05) is 6.61 Å². The molecule has 0 aliphatic carbocycles. The highest BCUT2D eigenvalue weighted by Crippen LogP contribution is 2.28. The van der Waals surface area contributed by atoms with Gasteiger partial charge >= 0.3 is 5.97 Å². The van der Waals surface area contributed by atoms with Crippen molar-refractivity contribution in [1.82, 2.24) is 0 Å². The van der Waals surface area contributed by atoms with Gasteiger partial charge in [0, 0.05) is 12.8 Å². The molecule has 0 unspecified atom stereocenters. The molecule has 0 aromatic carbocycles.